The second kappa shape index (κ2) is 2.44. The van der Waals surface area contributed by atoms with Gasteiger partial charge in [0, 0.05) is 0 Å². The Labute approximate surface area is 55.6 Å². The van der Waals surface area contributed by atoms with Gasteiger partial charge in [-0.25, -0.2) is 0 Å². The van der Waals surface area contributed by atoms with E-state index in [1.165, 1.54) is 0 Å². The van der Waals surface area contributed by atoms with Gasteiger partial charge in [0.25, 0.3) is 0 Å². The van der Waals surface area contributed by atoms with Crippen molar-refractivity contribution < 1.29 is 10.0 Å². The van der Waals surface area contributed by atoms with Gasteiger partial charge in [-0.3, -0.25) is 15.2 Å². The van der Waals surface area contributed by atoms with Gasteiger partial charge in [0.15, 0.2) is 0 Å². The molecule has 0 fully saturated rings. The topological polar surface area (TPSA) is 92.0 Å². The molecule has 0 atom stereocenters. The van der Waals surface area contributed by atoms with Gasteiger partial charge >= 0.3 is 5.69 Å². The first kappa shape index (κ1) is 6.69. The highest BCUT2D eigenvalue weighted by atomic mass is 16.6. The van der Waals surface area contributed by atoms with Crippen molar-refractivity contribution in [3.63, 3.8) is 0 Å². The molecule has 6 nitrogen and oxygen atoms in total. The molecule has 54 valence electrons. The lowest BCUT2D eigenvalue weighted by Gasteiger charge is -1.86. The molecule has 6 heteroatoms. The Morgan fingerprint density at radius 3 is 3.00 bits per heavy atom. The molecular weight excluding hydrogens is 138 g/mol. The zero-order chi connectivity index (χ0) is 7.56. The zero-order valence-electron chi connectivity index (χ0n) is 4.94. The number of aliphatic hydroxyl groups excluding tert-OH is 1. The maximum absolute atomic E-state index is 10.1. The SMILES string of the molecule is O=[N+]([O-])c1cn[nH]c1CO. The molecule has 0 spiro atoms. The summed E-state index contributed by atoms with van der Waals surface area (Å²) in [5, 5.41) is 24.2. The molecule has 0 saturated carbocycles. The zero-order valence-corrected chi connectivity index (χ0v) is 4.94. The quantitative estimate of drug-likeness (QED) is 0.443. The van der Waals surface area contributed by atoms with Crippen LogP contribution in [0.3, 0.4) is 0 Å². The summed E-state index contributed by atoms with van der Waals surface area (Å²) in [4.78, 5) is 9.47. The molecule has 0 amide bonds. The van der Waals surface area contributed by atoms with E-state index in [2.05, 4.69) is 10.2 Å². The first-order chi connectivity index (χ1) is 4.75. The average Bonchev–Trinajstić information content (AvgIpc) is 2.33. The van der Waals surface area contributed by atoms with E-state index < -0.39 is 11.5 Å². The Balaban J connectivity index is 3.01. The number of rotatable bonds is 2. The number of aromatic amines is 1. The van der Waals surface area contributed by atoms with Crippen molar-refractivity contribution in [1.29, 1.82) is 0 Å². The van der Waals surface area contributed by atoms with Crippen LogP contribution < -0.4 is 0 Å². The summed E-state index contributed by atoms with van der Waals surface area (Å²) in [6.07, 6.45) is 1.06. The molecule has 1 heterocycles. The normalized spacial score (nSPS) is 9.70. The molecule has 10 heavy (non-hydrogen) atoms. The van der Waals surface area contributed by atoms with E-state index in [0.29, 0.717) is 0 Å². The number of hydrogen-bond acceptors (Lipinski definition) is 4. The molecule has 0 aliphatic carbocycles. The number of nitro groups is 1. The van der Waals surface area contributed by atoms with E-state index in [1.807, 2.05) is 0 Å². The predicted molar refractivity (Wildman–Crippen MR) is 31.2 cm³/mol. The van der Waals surface area contributed by atoms with Crippen LogP contribution in [0.5, 0.6) is 0 Å². The van der Waals surface area contributed by atoms with Gasteiger partial charge < -0.3 is 5.11 Å². The van der Waals surface area contributed by atoms with Gasteiger partial charge in [-0.05, 0) is 0 Å². The van der Waals surface area contributed by atoms with Crippen LogP contribution in [0.4, 0.5) is 5.69 Å². The monoisotopic (exact) mass is 143 g/mol. The van der Waals surface area contributed by atoms with Crippen molar-refractivity contribution in [3.8, 4) is 0 Å². The smallest absolute Gasteiger partial charge is 0.312 e. The lowest BCUT2D eigenvalue weighted by Crippen LogP contribution is -1.91. The van der Waals surface area contributed by atoms with Crippen LogP contribution in [0.2, 0.25) is 0 Å². The molecule has 1 aromatic heterocycles. The molecule has 0 saturated heterocycles. The number of H-pyrrole nitrogens is 1. The lowest BCUT2D eigenvalue weighted by atomic mass is 10.4. The predicted octanol–water partition coefficient (Wildman–Crippen LogP) is -0.190. The fourth-order valence-corrected chi connectivity index (χ4v) is 0.580. The Morgan fingerprint density at radius 1 is 1.90 bits per heavy atom. The number of aliphatic hydroxyl groups is 1. The van der Waals surface area contributed by atoms with E-state index >= 15 is 0 Å². The van der Waals surface area contributed by atoms with Crippen molar-refractivity contribution in [2.75, 3.05) is 0 Å². The maximum Gasteiger partial charge on any atom is 0.312 e. The average molecular weight is 143 g/mol. The minimum Gasteiger partial charge on any atom is -0.390 e. The lowest BCUT2D eigenvalue weighted by molar-refractivity contribution is -0.385. The third-order valence-corrected chi connectivity index (χ3v) is 1.05. The third-order valence-electron chi connectivity index (χ3n) is 1.05. The van der Waals surface area contributed by atoms with Gasteiger partial charge in [0.2, 0.25) is 0 Å². The Bertz CT molecular complexity index is 244. The highest BCUT2D eigenvalue weighted by Gasteiger charge is 2.13. The summed E-state index contributed by atoms with van der Waals surface area (Å²) in [6.45, 7) is -0.393. The maximum atomic E-state index is 10.1. The first-order valence-electron chi connectivity index (χ1n) is 2.53. The number of nitrogens with zero attached hydrogens (tertiary/aromatic N) is 2. The summed E-state index contributed by atoms with van der Waals surface area (Å²) in [7, 11) is 0. The van der Waals surface area contributed by atoms with Crippen LogP contribution in [0.1, 0.15) is 5.69 Å². The van der Waals surface area contributed by atoms with Crippen molar-refractivity contribution in [3.05, 3.63) is 22.0 Å². The van der Waals surface area contributed by atoms with E-state index in [0.717, 1.165) is 6.20 Å². The summed E-state index contributed by atoms with van der Waals surface area (Å²) < 4.78 is 0. The van der Waals surface area contributed by atoms with Crippen molar-refractivity contribution in [1.82, 2.24) is 10.2 Å². The van der Waals surface area contributed by atoms with E-state index in [4.69, 9.17) is 5.11 Å². The molecular formula is C4H5N3O3. The Hall–Kier alpha value is -1.43. The molecule has 0 radical (unpaired) electrons. The molecule has 0 aliphatic heterocycles. The molecule has 1 aromatic rings. The minimum atomic E-state index is -0.602. The molecule has 0 aromatic carbocycles. The fraction of sp³-hybridized carbons (Fsp3) is 0.250. The largest absolute Gasteiger partial charge is 0.390 e. The molecule has 0 aliphatic rings. The first-order valence-corrected chi connectivity index (χ1v) is 2.53. The van der Waals surface area contributed by atoms with E-state index in [9.17, 15) is 10.1 Å². The van der Waals surface area contributed by atoms with Crippen molar-refractivity contribution in [2.45, 2.75) is 6.61 Å². The van der Waals surface area contributed by atoms with Gasteiger partial charge in [0.1, 0.15) is 11.9 Å². The molecule has 0 bridgehead atoms. The van der Waals surface area contributed by atoms with Gasteiger partial charge in [0.05, 0.1) is 11.5 Å². The molecule has 2 N–H and O–H groups in total. The van der Waals surface area contributed by atoms with Gasteiger partial charge in [-0.15, -0.1) is 0 Å². The van der Waals surface area contributed by atoms with Crippen LogP contribution in [0, 0.1) is 10.1 Å². The Kier molecular flexibility index (Phi) is 1.63. The summed E-state index contributed by atoms with van der Waals surface area (Å²) >= 11 is 0. The van der Waals surface area contributed by atoms with E-state index in [1.54, 1.807) is 0 Å². The molecule has 1 rings (SSSR count). The fourth-order valence-electron chi connectivity index (χ4n) is 0.580. The highest BCUT2D eigenvalue weighted by Crippen LogP contribution is 2.13. The second-order valence-electron chi connectivity index (χ2n) is 1.65. The number of hydrogen-bond donors (Lipinski definition) is 2. The number of nitrogens with one attached hydrogen (secondary N) is 1. The van der Waals surface area contributed by atoms with Gasteiger partial charge in [-0.2, -0.15) is 5.10 Å². The van der Waals surface area contributed by atoms with Crippen molar-refractivity contribution in [2.24, 2.45) is 0 Å². The molecule has 0 unspecified atom stereocenters. The van der Waals surface area contributed by atoms with Crippen LogP contribution >= 0.6 is 0 Å². The number of aromatic nitrogens is 2. The summed E-state index contributed by atoms with van der Waals surface area (Å²) in [5.74, 6) is 0. The minimum absolute atomic E-state index is 0.130. The standard InChI is InChI=1S/C4H5N3O3/c8-2-3-4(7(9)10)1-5-6-3/h1,8H,2H2,(H,5,6). The second-order valence-corrected chi connectivity index (χ2v) is 1.65. The van der Waals surface area contributed by atoms with E-state index in [-0.39, 0.29) is 11.4 Å². The summed E-state index contributed by atoms with van der Waals surface area (Å²) in [6, 6.07) is 0. The Morgan fingerprint density at radius 2 is 2.60 bits per heavy atom. The van der Waals surface area contributed by atoms with Crippen LogP contribution in [0.25, 0.3) is 0 Å². The van der Waals surface area contributed by atoms with Crippen LogP contribution in [0.15, 0.2) is 6.20 Å². The van der Waals surface area contributed by atoms with Gasteiger partial charge in [-0.1, -0.05) is 0 Å². The van der Waals surface area contributed by atoms with Crippen LogP contribution in [-0.2, 0) is 6.61 Å². The van der Waals surface area contributed by atoms with Crippen LogP contribution in [-0.4, -0.2) is 20.2 Å². The summed E-state index contributed by atoms with van der Waals surface area (Å²) in [5.41, 5.74) is -0.0486. The third kappa shape index (κ3) is 0.960. The van der Waals surface area contributed by atoms with Crippen molar-refractivity contribution >= 4 is 5.69 Å². The highest BCUT2D eigenvalue weighted by molar-refractivity contribution is 5.30.